The zero-order chi connectivity index (χ0) is 23.0. The van der Waals surface area contributed by atoms with Crippen molar-refractivity contribution in [2.45, 2.75) is 62.5 Å². The van der Waals surface area contributed by atoms with Crippen LogP contribution in [0.1, 0.15) is 35.6 Å². The summed E-state index contributed by atoms with van der Waals surface area (Å²) in [6.45, 7) is 1.58. The molecule has 0 saturated carbocycles. The van der Waals surface area contributed by atoms with E-state index in [1.54, 1.807) is 12.1 Å². The number of benzene rings is 2. The first-order valence-corrected chi connectivity index (χ1v) is 11.1. The lowest BCUT2D eigenvalue weighted by Gasteiger charge is -2.52. The van der Waals surface area contributed by atoms with Crippen molar-refractivity contribution in [3.63, 3.8) is 0 Å². The van der Waals surface area contributed by atoms with Crippen molar-refractivity contribution in [1.82, 2.24) is 0 Å². The van der Waals surface area contributed by atoms with Gasteiger partial charge in [0.2, 0.25) is 6.29 Å². The van der Waals surface area contributed by atoms with Gasteiger partial charge < -0.3 is 34.6 Å². The summed E-state index contributed by atoms with van der Waals surface area (Å²) in [5.74, 6) is 0.359. The Bertz CT molecular complexity index is 948. The van der Waals surface area contributed by atoms with Gasteiger partial charge in [-0.1, -0.05) is 42.8 Å². The number of halogens is 1. The molecule has 174 valence electrons. The average molecular weight is 465 g/mol. The fourth-order valence-corrected chi connectivity index (χ4v) is 4.80. The molecule has 2 heterocycles. The van der Waals surface area contributed by atoms with E-state index in [4.69, 9.17) is 25.8 Å². The Hall–Kier alpha value is -1.71. The second kappa shape index (κ2) is 9.27. The molecule has 2 aromatic rings. The molecule has 32 heavy (non-hydrogen) atoms. The molecule has 1 fully saturated rings. The highest BCUT2D eigenvalue weighted by Crippen LogP contribution is 2.50. The van der Waals surface area contributed by atoms with Gasteiger partial charge in [-0.3, -0.25) is 0 Å². The van der Waals surface area contributed by atoms with E-state index >= 15 is 0 Å². The Balaban J connectivity index is 1.78. The van der Waals surface area contributed by atoms with E-state index in [0.29, 0.717) is 22.8 Å². The molecule has 1 saturated heterocycles. The highest BCUT2D eigenvalue weighted by molar-refractivity contribution is 6.31. The quantitative estimate of drug-likeness (QED) is 0.535. The van der Waals surface area contributed by atoms with Crippen molar-refractivity contribution < 1.29 is 34.6 Å². The van der Waals surface area contributed by atoms with Crippen LogP contribution in [-0.2, 0) is 27.9 Å². The summed E-state index contributed by atoms with van der Waals surface area (Å²) < 4.78 is 17.4. The van der Waals surface area contributed by atoms with E-state index < -0.39 is 42.9 Å². The Morgan fingerprint density at radius 1 is 1.09 bits per heavy atom. The molecule has 4 rings (SSSR count). The number of methoxy groups -OCH3 is 1. The number of aliphatic hydroxyl groups is 4. The predicted molar refractivity (Wildman–Crippen MR) is 118 cm³/mol. The van der Waals surface area contributed by atoms with Crippen LogP contribution in [0.5, 0.6) is 5.75 Å². The molecule has 0 radical (unpaired) electrons. The number of aliphatic hydroxyl groups excluding tert-OH is 4. The van der Waals surface area contributed by atoms with Gasteiger partial charge in [0.25, 0.3) is 0 Å². The third kappa shape index (κ3) is 4.03. The fraction of sp³-hybridized carbons (Fsp3) is 0.500. The summed E-state index contributed by atoms with van der Waals surface area (Å²) in [5, 5.41) is 42.1. The van der Waals surface area contributed by atoms with Gasteiger partial charge in [0.05, 0.1) is 6.61 Å². The highest BCUT2D eigenvalue weighted by Gasteiger charge is 2.58. The van der Waals surface area contributed by atoms with Gasteiger partial charge in [0.1, 0.15) is 35.8 Å². The SMILES string of the molecule is CCc1ccc(Cc2cc3c(cc2Cl)OC(OC)C[C@]32O[C@H](CO)[C@@H](O)[C@H](O)[C@H]2O)cc1. The van der Waals surface area contributed by atoms with Crippen molar-refractivity contribution in [1.29, 1.82) is 0 Å². The van der Waals surface area contributed by atoms with Crippen molar-refractivity contribution in [2.24, 2.45) is 0 Å². The number of rotatable bonds is 5. The summed E-state index contributed by atoms with van der Waals surface area (Å²) in [7, 11) is 1.46. The maximum absolute atomic E-state index is 11.0. The van der Waals surface area contributed by atoms with Crippen LogP contribution in [0.15, 0.2) is 36.4 Å². The zero-order valence-electron chi connectivity index (χ0n) is 18.1. The van der Waals surface area contributed by atoms with Crippen molar-refractivity contribution >= 4 is 11.6 Å². The Morgan fingerprint density at radius 2 is 1.78 bits per heavy atom. The Kier molecular flexibility index (Phi) is 6.79. The van der Waals surface area contributed by atoms with E-state index in [2.05, 4.69) is 31.2 Å². The number of aryl methyl sites for hydroxylation is 1. The minimum absolute atomic E-state index is 0.0597. The van der Waals surface area contributed by atoms with Gasteiger partial charge >= 0.3 is 0 Å². The molecule has 1 unspecified atom stereocenters. The second-order valence-corrected chi connectivity index (χ2v) is 8.84. The summed E-state index contributed by atoms with van der Waals surface area (Å²) in [6.07, 6.45) is -4.73. The van der Waals surface area contributed by atoms with Gasteiger partial charge in [-0.2, -0.15) is 0 Å². The maximum Gasteiger partial charge on any atom is 0.202 e. The lowest BCUT2D eigenvalue weighted by Crippen LogP contribution is -2.65. The molecule has 0 bridgehead atoms. The van der Waals surface area contributed by atoms with Crippen molar-refractivity contribution in [2.75, 3.05) is 13.7 Å². The molecule has 7 nitrogen and oxygen atoms in total. The summed E-state index contributed by atoms with van der Waals surface area (Å²) in [5.41, 5.74) is 2.15. The molecular formula is C24H29ClO7. The molecule has 0 aliphatic carbocycles. The minimum Gasteiger partial charge on any atom is -0.464 e. The van der Waals surface area contributed by atoms with E-state index in [1.165, 1.54) is 12.7 Å². The van der Waals surface area contributed by atoms with E-state index in [0.717, 1.165) is 17.5 Å². The number of hydrogen-bond acceptors (Lipinski definition) is 7. The zero-order valence-corrected chi connectivity index (χ0v) is 18.8. The van der Waals surface area contributed by atoms with Gasteiger partial charge in [-0.05, 0) is 41.7 Å². The van der Waals surface area contributed by atoms with Crippen LogP contribution in [0, 0.1) is 0 Å². The first-order chi connectivity index (χ1) is 15.3. The predicted octanol–water partition coefficient (Wildman–Crippen LogP) is 1.92. The normalized spacial score (nSPS) is 31.9. The average Bonchev–Trinajstić information content (AvgIpc) is 2.81. The first-order valence-electron chi connectivity index (χ1n) is 10.8. The topological polar surface area (TPSA) is 109 Å². The molecule has 2 aliphatic rings. The minimum atomic E-state index is -1.52. The molecule has 1 spiro atoms. The van der Waals surface area contributed by atoms with Crippen molar-refractivity contribution in [3.05, 3.63) is 63.7 Å². The number of hydrogen-bond donors (Lipinski definition) is 4. The summed E-state index contributed by atoms with van der Waals surface area (Å²) >= 11 is 6.58. The number of fused-ring (bicyclic) bond motifs is 2. The van der Waals surface area contributed by atoms with Gasteiger partial charge in [-0.15, -0.1) is 0 Å². The molecule has 4 N–H and O–H groups in total. The van der Waals surface area contributed by atoms with E-state index in [1.807, 2.05) is 0 Å². The van der Waals surface area contributed by atoms with Gasteiger partial charge in [-0.25, -0.2) is 0 Å². The smallest absolute Gasteiger partial charge is 0.202 e. The first kappa shape index (κ1) is 23.4. The van der Waals surface area contributed by atoms with Crippen LogP contribution in [0.25, 0.3) is 0 Å². The van der Waals surface area contributed by atoms with E-state index in [9.17, 15) is 20.4 Å². The fourth-order valence-electron chi connectivity index (χ4n) is 4.58. The monoisotopic (exact) mass is 464 g/mol. The van der Waals surface area contributed by atoms with Crippen LogP contribution >= 0.6 is 11.6 Å². The molecule has 6 atom stereocenters. The third-order valence-corrected chi connectivity index (χ3v) is 6.85. The molecule has 2 aliphatic heterocycles. The maximum atomic E-state index is 11.0. The van der Waals surface area contributed by atoms with Crippen LogP contribution in [0.4, 0.5) is 0 Å². The molecule has 0 amide bonds. The molecule has 8 heteroatoms. The highest BCUT2D eigenvalue weighted by atomic mass is 35.5. The largest absolute Gasteiger partial charge is 0.464 e. The Labute approximate surface area is 192 Å². The van der Waals surface area contributed by atoms with Crippen LogP contribution < -0.4 is 4.74 Å². The van der Waals surface area contributed by atoms with Gasteiger partial charge in [0, 0.05) is 24.1 Å². The van der Waals surface area contributed by atoms with Crippen molar-refractivity contribution in [3.8, 4) is 5.75 Å². The van der Waals surface area contributed by atoms with Crippen LogP contribution in [0.3, 0.4) is 0 Å². The number of ether oxygens (including phenoxy) is 3. The van der Waals surface area contributed by atoms with Crippen LogP contribution in [-0.4, -0.2) is 64.8 Å². The molecular weight excluding hydrogens is 436 g/mol. The Morgan fingerprint density at radius 3 is 2.41 bits per heavy atom. The standard InChI is InChI=1S/C24H29ClO7/c1-3-13-4-6-14(7-5-13)8-15-9-16-18(10-17(15)25)31-20(30-2)11-24(16)23(29)22(28)21(27)19(12-26)32-24/h4-7,9-10,19-23,26-29H,3,8,11-12H2,1-2H3/t19-,20?,21-,22+,23-,24+/m1/s1. The summed E-state index contributed by atoms with van der Waals surface area (Å²) in [4.78, 5) is 0. The molecule has 2 aromatic carbocycles. The third-order valence-electron chi connectivity index (χ3n) is 6.50. The lowest BCUT2D eigenvalue weighted by atomic mass is 9.75. The van der Waals surface area contributed by atoms with E-state index in [-0.39, 0.29) is 6.42 Å². The summed E-state index contributed by atoms with van der Waals surface area (Å²) in [6, 6.07) is 11.7. The van der Waals surface area contributed by atoms with Crippen LogP contribution in [0.2, 0.25) is 5.02 Å². The molecule has 0 aromatic heterocycles. The second-order valence-electron chi connectivity index (χ2n) is 8.43. The van der Waals surface area contributed by atoms with Gasteiger partial charge in [0.15, 0.2) is 0 Å². The lowest BCUT2D eigenvalue weighted by molar-refractivity contribution is -0.299.